The quantitative estimate of drug-likeness (QED) is 0.151. The van der Waals surface area contributed by atoms with Crippen LogP contribution in [0.15, 0.2) is 35.7 Å². The number of amides is 3. The van der Waals surface area contributed by atoms with Gasteiger partial charge in [-0.3, -0.25) is 19.2 Å². The van der Waals surface area contributed by atoms with Gasteiger partial charge in [0.15, 0.2) is 6.10 Å². The maximum Gasteiger partial charge on any atom is 0.328 e. The highest BCUT2D eigenvalue weighted by Crippen LogP contribution is 2.35. The lowest BCUT2D eigenvalue weighted by molar-refractivity contribution is -0.149. The summed E-state index contributed by atoms with van der Waals surface area (Å²) in [5, 5.41) is 10.7. The molecule has 1 saturated carbocycles. The fourth-order valence-electron chi connectivity index (χ4n) is 5.48. The lowest BCUT2D eigenvalue weighted by Crippen LogP contribution is -2.52. The van der Waals surface area contributed by atoms with Crippen molar-refractivity contribution in [3.63, 3.8) is 0 Å². The number of likely N-dealkylation sites (N-methyl/N-ethyl adjacent to an activating group) is 1. The van der Waals surface area contributed by atoms with E-state index < -0.39 is 36.0 Å². The topological polar surface area (TPSA) is 156 Å². The number of ether oxygens (including phenoxy) is 2. The van der Waals surface area contributed by atoms with Gasteiger partial charge in [-0.1, -0.05) is 44.2 Å². The Morgan fingerprint density at radius 1 is 1.06 bits per heavy atom. The molecule has 2 aromatic rings. The van der Waals surface area contributed by atoms with Gasteiger partial charge < -0.3 is 30.3 Å². The number of thiazole rings is 1. The molecular weight excluding hydrogens is 622 g/mol. The second-order valence-corrected chi connectivity index (χ2v) is 13.2. The Kier molecular flexibility index (Phi) is 14.8. The van der Waals surface area contributed by atoms with Gasteiger partial charge >= 0.3 is 11.9 Å². The van der Waals surface area contributed by atoms with E-state index in [2.05, 4.69) is 20.9 Å². The molecule has 3 rings (SSSR count). The first-order valence-electron chi connectivity index (χ1n) is 16.2. The second-order valence-electron chi connectivity index (χ2n) is 12.3. The number of nitrogens with one attached hydrogen (secondary N) is 3. The third-order valence-electron chi connectivity index (χ3n) is 8.24. The van der Waals surface area contributed by atoms with Crippen molar-refractivity contribution in [3.8, 4) is 0 Å². The second kappa shape index (κ2) is 18.5. The van der Waals surface area contributed by atoms with Gasteiger partial charge in [-0.15, -0.1) is 11.3 Å². The van der Waals surface area contributed by atoms with Crippen molar-refractivity contribution >= 4 is 41.0 Å². The molecule has 1 heterocycles. The molecule has 1 aromatic carbocycles. The Morgan fingerprint density at radius 2 is 1.77 bits per heavy atom. The van der Waals surface area contributed by atoms with Crippen molar-refractivity contribution in [3.05, 3.63) is 52.0 Å². The zero-order valence-corrected chi connectivity index (χ0v) is 29.1. The molecule has 1 fully saturated rings. The van der Waals surface area contributed by atoms with Crippen molar-refractivity contribution in [2.75, 3.05) is 27.7 Å². The van der Waals surface area contributed by atoms with E-state index in [4.69, 9.17) is 9.47 Å². The number of carbonyl (C=O) groups is 5. The van der Waals surface area contributed by atoms with E-state index in [0.29, 0.717) is 11.4 Å². The minimum absolute atomic E-state index is 0.0272. The molecule has 0 unspecified atom stereocenters. The van der Waals surface area contributed by atoms with Gasteiger partial charge in [0, 0.05) is 44.7 Å². The summed E-state index contributed by atoms with van der Waals surface area (Å²) in [5.74, 6) is -1.92. The summed E-state index contributed by atoms with van der Waals surface area (Å²) in [4.78, 5) is 70.6. The van der Waals surface area contributed by atoms with Gasteiger partial charge in [0.1, 0.15) is 22.8 Å². The Morgan fingerprint density at radius 3 is 2.36 bits per heavy atom. The molecule has 0 radical (unpaired) electrons. The van der Waals surface area contributed by atoms with Crippen LogP contribution >= 0.6 is 11.3 Å². The molecule has 47 heavy (non-hydrogen) atoms. The van der Waals surface area contributed by atoms with Crippen LogP contribution in [-0.2, 0) is 35.1 Å². The van der Waals surface area contributed by atoms with Gasteiger partial charge in [0.2, 0.25) is 11.8 Å². The first-order chi connectivity index (χ1) is 22.4. The predicted molar refractivity (Wildman–Crippen MR) is 178 cm³/mol. The fourth-order valence-corrected chi connectivity index (χ4v) is 6.32. The highest BCUT2D eigenvalue weighted by atomic mass is 32.1. The van der Waals surface area contributed by atoms with E-state index in [0.717, 1.165) is 49.1 Å². The Balaban J connectivity index is 1.74. The standard InChI is InChI=1S/C34H49N5O7S/c1-21(2)27(39(5)33(43)30(24-15-16-24)38-29(41)14-10-11-17-35-4)19-28(46-22(3)40)32-37-26(20-47-32)31(42)36-25(34(44)45-6)18-23-12-8-7-9-13-23/h7-9,12-13,20-21,24-25,27-28,30,35H,10-11,14-19H2,1-6H3,(H,36,42)(H,38,41)/t25-,27+,28+,30-/m0/s1. The average molecular weight is 672 g/mol. The number of esters is 2. The number of hydrogen-bond donors (Lipinski definition) is 3. The number of benzene rings is 1. The third-order valence-corrected chi connectivity index (χ3v) is 9.18. The molecular formula is C34H49N5O7S. The first-order valence-corrected chi connectivity index (χ1v) is 17.1. The molecule has 3 N–H and O–H groups in total. The van der Waals surface area contributed by atoms with Gasteiger partial charge in [-0.25, -0.2) is 9.78 Å². The monoisotopic (exact) mass is 671 g/mol. The van der Waals surface area contributed by atoms with Gasteiger partial charge in [-0.05, 0) is 56.7 Å². The van der Waals surface area contributed by atoms with Gasteiger partial charge in [0.05, 0.1) is 7.11 Å². The summed E-state index contributed by atoms with van der Waals surface area (Å²) in [6.07, 6.45) is 3.36. The van der Waals surface area contributed by atoms with Gasteiger partial charge in [0.25, 0.3) is 5.91 Å². The number of methoxy groups -OCH3 is 1. The largest absolute Gasteiger partial charge is 0.467 e. The van der Waals surface area contributed by atoms with Crippen molar-refractivity contribution in [2.45, 2.75) is 89.9 Å². The first kappa shape index (κ1) is 37.6. The lowest BCUT2D eigenvalue weighted by atomic mass is 9.95. The molecule has 3 amide bonds. The van der Waals surface area contributed by atoms with E-state index in [1.807, 2.05) is 51.2 Å². The molecule has 0 spiro atoms. The van der Waals surface area contributed by atoms with Crippen LogP contribution in [0.3, 0.4) is 0 Å². The highest BCUT2D eigenvalue weighted by molar-refractivity contribution is 7.09. The third kappa shape index (κ3) is 11.7. The normalized spacial score (nSPS) is 15.2. The van der Waals surface area contributed by atoms with Crippen LogP contribution in [0, 0.1) is 11.8 Å². The SMILES string of the molecule is CNCCCCC(=O)N[C@H](C(=O)N(C)[C@H](C[C@@H](OC(C)=O)c1nc(C(=O)N[C@@H](Cc2ccccc2)C(=O)OC)cs1)C(C)C)C1CC1. The number of unbranched alkanes of at least 4 members (excludes halogenated alkanes) is 1. The number of rotatable bonds is 19. The van der Waals surface area contributed by atoms with Crippen molar-refractivity contribution in [2.24, 2.45) is 11.8 Å². The summed E-state index contributed by atoms with van der Waals surface area (Å²) in [5.41, 5.74) is 0.921. The van der Waals surface area contributed by atoms with Crippen LogP contribution in [0.4, 0.5) is 0 Å². The zero-order valence-electron chi connectivity index (χ0n) is 28.2. The number of hydrogen-bond acceptors (Lipinski definition) is 10. The number of carbonyl (C=O) groups excluding carboxylic acids is 5. The maximum atomic E-state index is 13.8. The van der Waals surface area contributed by atoms with E-state index in [1.165, 1.54) is 14.0 Å². The van der Waals surface area contributed by atoms with Gasteiger partial charge in [-0.2, -0.15) is 0 Å². The summed E-state index contributed by atoms with van der Waals surface area (Å²) in [6, 6.07) is 7.36. The Bertz CT molecular complexity index is 1350. The Hall–Kier alpha value is -3.84. The predicted octanol–water partition coefficient (Wildman–Crippen LogP) is 3.42. The molecule has 258 valence electrons. The summed E-state index contributed by atoms with van der Waals surface area (Å²) in [7, 11) is 4.85. The minimum atomic E-state index is -0.928. The molecule has 12 nitrogen and oxygen atoms in total. The maximum absolute atomic E-state index is 13.8. The van der Waals surface area contributed by atoms with Crippen LogP contribution in [0.25, 0.3) is 0 Å². The molecule has 13 heteroatoms. The van der Waals surface area contributed by atoms with Crippen LogP contribution in [0.1, 0.15) is 86.5 Å². The van der Waals surface area contributed by atoms with E-state index >= 15 is 0 Å². The molecule has 0 bridgehead atoms. The molecule has 1 aliphatic carbocycles. The lowest BCUT2D eigenvalue weighted by Gasteiger charge is -2.35. The van der Waals surface area contributed by atoms with E-state index in [9.17, 15) is 24.0 Å². The van der Waals surface area contributed by atoms with Crippen LogP contribution in [-0.4, -0.2) is 85.4 Å². The zero-order chi connectivity index (χ0) is 34.5. The van der Waals surface area contributed by atoms with Crippen molar-refractivity contribution < 1.29 is 33.4 Å². The number of aromatic nitrogens is 1. The fraction of sp³-hybridized carbons (Fsp3) is 0.588. The molecule has 0 aliphatic heterocycles. The molecule has 0 saturated heterocycles. The molecule has 1 aromatic heterocycles. The van der Waals surface area contributed by atoms with Crippen LogP contribution in [0.5, 0.6) is 0 Å². The molecule has 4 atom stereocenters. The number of nitrogens with zero attached hydrogens (tertiary/aromatic N) is 2. The summed E-state index contributed by atoms with van der Waals surface area (Å²) >= 11 is 1.16. The summed E-state index contributed by atoms with van der Waals surface area (Å²) < 4.78 is 10.6. The van der Waals surface area contributed by atoms with E-state index in [-0.39, 0.29) is 48.2 Å². The van der Waals surface area contributed by atoms with Crippen LogP contribution in [0.2, 0.25) is 0 Å². The van der Waals surface area contributed by atoms with Crippen molar-refractivity contribution in [1.82, 2.24) is 25.8 Å². The smallest absolute Gasteiger partial charge is 0.328 e. The summed E-state index contributed by atoms with van der Waals surface area (Å²) in [6.45, 7) is 6.08. The van der Waals surface area contributed by atoms with Crippen LogP contribution < -0.4 is 16.0 Å². The Labute approximate surface area is 281 Å². The average Bonchev–Trinajstić information content (AvgIpc) is 3.77. The van der Waals surface area contributed by atoms with E-state index in [1.54, 1.807) is 17.3 Å². The van der Waals surface area contributed by atoms with Crippen molar-refractivity contribution in [1.29, 1.82) is 0 Å². The highest BCUT2D eigenvalue weighted by Gasteiger charge is 2.41. The molecule has 1 aliphatic rings. The minimum Gasteiger partial charge on any atom is -0.467 e.